The second-order valence-corrected chi connectivity index (χ2v) is 3.85. The van der Waals surface area contributed by atoms with E-state index in [1.54, 1.807) is 0 Å². The second kappa shape index (κ2) is 10.2. The molecule has 0 rings (SSSR count). The summed E-state index contributed by atoms with van der Waals surface area (Å²) in [4.78, 5) is 0. The minimum atomic E-state index is -1.13. The summed E-state index contributed by atoms with van der Waals surface area (Å²) in [6.07, 6.45) is 2.22. The highest BCUT2D eigenvalue weighted by atomic mass is 28.1. The van der Waals surface area contributed by atoms with Crippen LogP contribution in [0, 0.1) is 0 Å². The fourth-order valence-electron chi connectivity index (χ4n) is 1.09. The molecule has 0 aromatic rings. The molecule has 5 heteroatoms. The van der Waals surface area contributed by atoms with E-state index in [1.807, 2.05) is 13.8 Å². The standard InChI is InChI=1S/C11H23O4Si/c1-4-7-8-12-9-10-15-11(16,13-5-2)14-6-3/h4-10H2,1-3H3. The lowest BCUT2D eigenvalue weighted by Gasteiger charge is -2.29. The van der Waals surface area contributed by atoms with Crippen LogP contribution >= 0.6 is 0 Å². The van der Waals surface area contributed by atoms with Crippen molar-refractivity contribution >= 4 is 10.2 Å². The third kappa shape index (κ3) is 8.24. The van der Waals surface area contributed by atoms with Gasteiger partial charge in [-0.25, -0.2) is 0 Å². The molecular weight excluding hydrogens is 224 g/mol. The van der Waals surface area contributed by atoms with Crippen molar-refractivity contribution in [3.05, 3.63) is 0 Å². The van der Waals surface area contributed by atoms with Gasteiger partial charge in [0.25, 0.3) is 0 Å². The molecule has 0 N–H and O–H groups in total. The van der Waals surface area contributed by atoms with Crippen molar-refractivity contribution in [2.24, 2.45) is 0 Å². The minimum absolute atomic E-state index is 0.438. The van der Waals surface area contributed by atoms with E-state index in [4.69, 9.17) is 18.9 Å². The van der Waals surface area contributed by atoms with Gasteiger partial charge in [-0.3, -0.25) is 0 Å². The molecule has 0 aromatic carbocycles. The highest BCUT2D eigenvalue weighted by molar-refractivity contribution is 6.12. The first kappa shape index (κ1) is 16.1. The predicted octanol–water partition coefficient (Wildman–Crippen LogP) is 1.67. The summed E-state index contributed by atoms with van der Waals surface area (Å²) in [5, 5.41) is 0. The molecule has 0 aliphatic heterocycles. The van der Waals surface area contributed by atoms with Gasteiger partial charge in [-0.05, 0) is 20.3 Å². The molecule has 0 amide bonds. The van der Waals surface area contributed by atoms with Crippen molar-refractivity contribution in [3.8, 4) is 0 Å². The smallest absolute Gasteiger partial charge is 0.248 e. The van der Waals surface area contributed by atoms with Crippen LogP contribution in [0.5, 0.6) is 0 Å². The first-order chi connectivity index (χ1) is 7.68. The molecule has 0 saturated heterocycles. The first-order valence-electron chi connectivity index (χ1n) is 5.93. The Morgan fingerprint density at radius 3 is 2.00 bits per heavy atom. The molecule has 0 aliphatic rings. The van der Waals surface area contributed by atoms with Crippen LogP contribution in [0.4, 0.5) is 0 Å². The van der Waals surface area contributed by atoms with E-state index in [0.29, 0.717) is 26.4 Å². The zero-order chi connectivity index (χ0) is 12.3. The lowest BCUT2D eigenvalue weighted by molar-refractivity contribution is -0.324. The van der Waals surface area contributed by atoms with Gasteiger partial charge in [0.05, 0.1) is 13.2 Å². The number of ether oxygens (including phenoxy) is 4. The fourth-order valence-corrected chi connectivity index (χ4v) is 1.48. The highest BCUT2D eigenvalue weighted by Crippen LogP contribution is 2.10. The van der Waals surface area contributed by atoms with Gasteiger partial charge in [0.2, 0.25) is 5.60 Å². The van der Waals surface area contributed by atoms with Crippen LogP contribution in [-0.2, 0) is 18.9 Å². The maximum atomic E-state index is 5.43. The average Bonchev–Trinajstić information content (AvgIpc) is 2.24. The van der Waals surface area contributed by atoms with Crippen LogP contribution in [0.2, 0.25) is 0 Å². The van der Waals surface area contributed by atoms with E-state index < -0.39 is 5.60 Å². The van der Waals surface area contributed by atoms with Gasteiger partial charge >= 0.3 is 0 Å². The molecule has 3 radical (unpaired) electrons. The van der Waals surface area contributed by atoms with E-state index in [0.717, 1.165) is 19.4 Å². The Bertz CT molecular complexity index is 149. The average molecular weight is 247 g/mol. The maximum absolute atomic E-state index is 5.43. The van der Waals surface area contributed by atoms with Gasteiger partial charge in [-0.2, -0.15) is 0 Å². The zero-order valence-corrected chi connectivity index (χ0v) is 11.6. The van der Waals surface area contributed by atoms with Crippen LogP contribution < -0.4 is 0 Å². The molecule has 0 heterocycles. The Balaban J connectivity index is 3.59. The van der Waals surface area contributed by atoms with E-state index in [-0.39, 0.29) is 0 Å². The number of unbranched alkanes of at least 4 members (excludes halogenated alkanes) is 1. The summed E-state index contributed by atoms with van der Waals surface area (Å²) in [5.74, 6) is 0. The van der Waals surface area contributed by atoms with Crippen molar-refractivity contribution < 1.29 is 18.9 Å². The van der Waals surface area contributed by atoms with Gasteiger partial charge in [-0.1, -0.05) is 13.3 Å². The minimum Gasteiger partial charge on any atom is -0.379 e. The molecule has 0 fully saturated rings. The number of hydrogen-bond acceptors (Lipinski definition) is 4. The molecule has 95 valence electrons. The first-order valence-corrected chi connectivity index (χ1v) is 6.43. The third-order valence-corrected chi connectivity index (χ3v) is 2.26. The van der Waals surface area contributed by atoms with E-state index in [9.17, 15) is 0 Å². The van der Waals surface area contributed by atoms with Crippen LogP contribution in [0.1, 0.15) is 33.6 Å². The highest BCUT2D eigenvalue weighted by Gasteiger charge is 2.25. The summed E-state index contributed by atoms with van der Waals surface area (Å²) in [5.41, 5.74) is -1.13. The second-order valence-electron chi connectivity index (χ2n) is 3.24. The van der Waals surface area contributed by atoms with Gasteiger partial charge in [0, 0.05) is 19.8 Å². The quantitative estimate of drug-likeness (QED) is 0.316. The van der Waals surface area contributed by atoms with E-state index >= 15 is 0 Å². The largest absolute Gasteiger partial charge is 0.379 e. The number of rotatable bonds is 11. The van der Waals surface area contributed by atoms with Crippen LogP contribution in [0.3, 0.4) is 0 Å². The van der Waals surface area contributed by atoms with Gasteiger partial charge in [-0.15, -0.1) is 0 Å². The van der Waals surface area contributed by atoms with Gasteiger partial charge in [0.1, 0.15) is 0 Å². The van der Waals surface area contributed by atoms with Crippen molar-refractivity contribution in [1.29, 1.82) is 0 Å². The lowest BCUT2D eigenvalue weighted by atomic mass is 10.4. The SMILES string of the molecule is CCCCOCCOC([Si])(OCC)OCC. The topological polar surface area (TPSA) is 36.9 Å². The molecule has 0 spiro atoms. The molecule has 4 nitrogen and oxygen atoms in total. The van der Waals surface area contributed by atoms with E-state index in [2.05, 4.69) is 17.2 Å². The van der Waals surface area contributed by atoms with Gasteiger partial charge < -0.3 is 18.9 Å². The fraction of sp³-hybridized carbons (Fsp3) is 1.00. The van der Waals surface area contributed by atoms with Crippen molar-refractivity contribution in [2.75, 3.05) is 33.0 Å². The third-order valence-electron chi connectivity index (χ3n) is 1.83. The summed E-state index contributed by atoms with van der Waals surface area (Å²) >= 11 is 0. The summed E-state index contributed by atoms with van der Waals surface area (Å²) in [6.45, 7) is 8.69. The maximum Gasteiger partial charge on any atom is 0.248 e. The molecule has 0 unspecified atom stereocenters. The molecule has 0 bridgehead atoms. The molecule has 0 aliphatic carbocycles. The Hall–Kier alpha value is 0.0569. The number of hydrogen-bond donors (Lipinski definition) is 0. The Kier molecular flexibility index (Phi) is 10.3. The molecule has 0 atom stereocenters. The summed E-state index contributed by atoms with van der Waals surface area (Å²) in [7, 11) is 3.32. The van der Waals surface area contributed by atoms with Crippen LogP contribution in [0.25, 0.3) is 0 Å². The normalized spacial score (nSPS) is 12.0. The Labute approximate surface area is 102 Å². The summed E-state index contributed by atoms with van der Waals surface area (Å²) in [6, 6.07) is 0. The Morgan fingerprint density at radius 1 is 0.875 bits per heavy atom. The van der Waals surface area contributed by atoms with Crippen molar-refractivity contribution in [1.82, 2.24) is 0 Å². The molecule has 16 heavy (non-hydrogen) atoms. The zero-order valence-electron chi connectivity index (χ0n) is 10.6. The molecular formula is C11H23O4Si. The van der Waals surface area contributed by atoms with Crippen LogP contribution in [-0.4, -0.2) is 48.9 Å². The van der Waals surface area contributed by atoms with Crippen molar-refractivity contribution in [3.63, 3.8) is 0 Å². The predicted molar refractivity (Wildman–Crippen MR) is 63.4 cm³/mol. The van der Waals surface area contributed by atoms with Crippen molar-refractivity contribution in [2.45, 2.75) is 39.2 Å². The summed E-state index contributed by atoms with van der Waals surface area (Å²) < 4.78 is 21.4. The van der Waals surface area contributed by atoms with Gasteiger partial charge in [0.15, 0.2) is 10.2 Å². The molecule has 0 aromatic heterocycles. The molecule has 0 saturated carbocycles. The van der Waals surface area contributed by atoms with Crippen LogP contribution in [0.15, 0.2) is 0 Å². The monoisotopic (exact) mass is 247 g/mol. The van der Waals surface area contributed by atoms with E-state index in [1.165, 1.54) is 0 Å². The lowest BCUT2D eigenvalue weighted by Crippen LogP contribution is -2.40. The Morgan fingerprint density at radius 2 is 1.50 bits per heavy atom.